The first-order chi connectivity index (χ1) is 6.77. The van der Waals surface area contributed by atoms with Gasteiger partial charge in [0, 0.05) is 6.04 Å². The van der Waals surface area contributed by atoms with Crippen molar-refractivity contribution in [1.29, 1.82) is 0 Å². The quantitative estimate of drug-likeness (QED) is 0.685. The fraction of sp³-hybridized carbons (Fsp3) is 0.636. The molecule has 0 rings (SSSR count). The normalized spacial score (nSPS) is 12.3. The third kappa shape index (κ3) is 5.74. The van der Waals surface area contributed by atoms with E-state index in [0.29, 0.717) is 0 Å². The van der Waals surface area contributed by atoms with Crippen LogP contribution in [0.15, 0.2) is 0 Å². The van der Waals surface area contributed by atoms with E-state index in [2.05, 4.69) is 17.2 Å². The van der Waals surface area contributed by atoms with Crippen molar-refractivity contribution in [2.24, 2.45) is 5.41 Å². The Labute approximate surface area is 90.1 Å². The van der Waals surface area contributed by atoms with E-state index in [1.165, 1.54) is 0 Å². The lowest BCUT2D eigenvalue weighted by Crippen LogP contribution is -2.44. The van der Waals surface area contributed by atoms with E-state index in [0.717, 1.165) is 0 Å². The molecule has 2 N–H and O–H groups in total. The maximum Gasteiger partial charge on any atom is 0.305 e. The van der Waals surface area contributed by atoms with Crippen LogP contribution in [0, 0.1) is 17.3 Å². The topological polar surface area (TPSA) is 66.4 Å². The molecule has 0 fully saturated rings. The highest BCUT2D eigenvalue weighted by Crippen LogP contribution is 2.21. The fourth-order valence-corrected chi connectivity index (χ4v) is 1.06. The Morgan fingerprint density at radius 2 is 1.93 bits per heavy atom. The maximum atomic E-state index is 11.2. The van der Waals surface area contributed by atoms with Crippen LogP contribution in [0.3, 0.4) is 0 Å². The summed E-state index contributed by atoms with van der Waals surface area (Å²) in [6.07, 6.45) is -0.0966. The van der Waals surface area contributed by atoms with E-state index in [-0.39, 0.29) is 11.8 Å². The van der Waals surface area contributed by atoms with Gasteiger partial charge in [-0.3, -0.25) is 9.59 Å². The second-order valence-electron chi connectivity index (χ2n) is 4.36. The zero-order valence-corrected chi connectivity index (χ0v) is 9.55. The van der Waals surface area contributed by atoms with Crippen LogP contribution in [0.2, 0.25) is 0 Å². The highest BCUT2D eigenvalue weighted by Gasteiger charge is 2.27. The van der Waals surface area contributed by atoms with Crippen molar-refractivity contribution in [2.75, 3.05) is 0 Å². The van der Waals surface area contributed by atoms with Crippen LogP contribution < -0.4 is 5.32 Å². The van der Waals surface area contributed by atoms with Gasteiger partial charge in [0.05, 0.1) is 6.42 Å². The van der Waals surface area contributed by atoms with Crippen LogP contribution in [0.4, 0.5) is 0 Å². The van der Waals surface area contributed by atoms with Gasteiger partial charge in [-0.25, -0.2) is 0 Å². The summed E-state index contributed by atoms with van der Waals surface area (Å²) in [5.41, 5.74) is -0.302. The van der Waals surface area contributed by atoms with Crippen molar-refractivity contribution in [3.63, 3.8) is 0 Å². The minimum Gasteiger partial charge on any atom is -0.481 e. The molecule has 0 saturated carbocycles. The monoisotopic (exact) mass is 211 g/mol. The fourth-order valence-electron chi connectivity index (χ4n) is 1.06. The highest BCUT2D eigenvalue weighted by molar-refractivity contribution is 5.93. The molecule has 4 heteroatoms. The molecule has 0 aliphatic rings. The molecule has 0 radical (unpaired) electrons. The Bertz CT molecular complexity index is 304. The molecule has 0 bridgehead atoms. The number of aliphatic carboxylic acids is 1. The summed E-state index contributed by atoms with van der Waals surface area (Å²) >= 11 is 0. The number of rotatable bonds is 3. The van der Waals surface area contributed by atoms with E-state index in [9.17, 15) is 9.59 Å². The standard InChI is InChI=1S/C11H17NO3/c1-5-6-9(13)12-8(7-10(14)15)11(2,3)4/h8H,7H2,1-4H3,(H,12,13)(H,14,15). The largest absolute Gasteiger partial charge is 0.481 e. The first-order valence-electron chi connectivity index (χ1n) is 4.72. The van der Waals surface area contributed by atoms with E-state index >= 15 is 0 Å². The molecule has 1 amide bonds. The average Bonchev–Trinajstić information content (AvgIpc) is 2.00. The van der Waals surface area contributed by atoms with Crippen molar-refractivity contribution in [3.8, 4) is 11.8 Å². The number of nitrogens with one attached hydrogen (secondary N) is 1. The van der Waals surface area contributed by atoms with Gasteiger partial charge in [0.1, 0.15) is 0 Å². The lowest BCUT2D eigenvalue weighted by molar-refractivity contribution is -0.138. The van der Waals surface area contributed by atoms with Crippen LogP contribution >= 0.6 is 0 Å². The summed E-state index contributed by atoms with van der Waals surface area (Å²) in [5.74, 6) is 3.43. The number of carboxylic acid groups (broad SMARTS) is 1. The number of carbonyl (C=O) groups excluding carboxylic acids is 1. The summed E-state index contributed by atoms with van der Waals surface area (Å²) in [5, 5.41) is 11.3. The summed E-state index contributed by atoms with van der Waals surface area (Å²) in [7, 11) is 0. The summed E-state index contributed by atoms with van der Waals surface area (Å²) in [6, 6.07) is -0.414. The van der Waals surface area contributed by atoms with Gasteiger partial charge < -0.3 is 10.4 Å². The molecule has 4 nitrogen and oxygen atoms in total. The van der Waals surface area contributed by atoms with Gasteiger partial charge in [-0.05, 0) is 18.3 Å². The van der Waals surface area contributed by atoms with Crippen molar-refractivity contribution in [2.45, 2.75) is 40.2 Å². The molecule has 0 aliphatic carbocycles. The summed E-state index contributed by atoms with van der Waals surface area (Å²) < 4.78 is 0. The van der Waals surface area contributed by atoms with Gasteiger partial charge in [0.2, 0.25) is 0 Å². The third-order valence-corrected chi connectivity index (χ3v) is 1.97. The molecule has 0 heterocycles. The van der Waals surface area contributed by atoms with E-state index in [1.54, 1.807) is 6.92 Å². The van der Waals surface area contributed by atoms with Crippen LogP contribution in [0.25, 0.3) is 0 Å². The molecular formula is C11H17NO3. The molecule has 1 atom stereocenters. The molecule has 0 aromatic rings. The van der Waals surface area contributed by atoms with E-state index in [4.69, 9.17) is 5.11 Å². The maximum absolute atomic E-state index is 11.2. The number of hydrogen-bond donors (Lipinski definition) is 2. The van der Waals surface area contributed by atoms with E-state index in [1.807, 2.05) is 20.8 Å². The molecule has 1 unspecified atom stereocenters. The number of carboxylic acids is 1. The SMILES string of the molecule is CC#CC(=O)NC(CC(=O)O)C(C)(C)C. The van der Waals surface area contributed by atoms with Gasteiger partial charge in [-0.2, -0.15) is 0 Å². The van der Waals surface area contributed by atoms with Crippen LogP contribution in [-0.4, -0.2) is 23.0 Å². The number of carbonyl (C=O) groups is 2. The molecule has 0 aromatic heterocycles. The van der Waals surface area contributed by atoms with Crippen molar-refractivity contribution in [1.82, 2.24) is 5.32 Å². The Balaban J connectivity index is 4.56. The van der Waals surface area contributed by atoms with Gasteiger partial charge in [-0.1, -0.05) is 26.7 Å². The Morgan fingerprint density at radius 3 is 2.27 bits per heavy atom. The van der Waals surface area contributed by atoms with Crippen LogP contribution in [-0.2, 0) is 9.59 Å². The molecule has 0 aliphatic heterocycles. The van der Waals surface area contributed by atoms with Crippen molar-refractivity contribution >= 4 is 11.9 Å². The van der Waals surface area contributed by atoms with Gasteiger partial charge in [0.15, 0.2) is 0 Å². The third-order valence-electron chi connectivity index (χ3n) is 1.97. The lowest BCUT2D eigenvalue weighted by atomic mass is 9.85. The predicted molar refractivity (Wildman–Crippen MR) is 57.1 cm³/mol. The predicted octanol–water partition coefficient (Wildman–Crippen LogP) is 1.02. The highest BCUT2D eigenvalue weighted by atomic mass is 16.4. The molecule has 0 saturated heterocycles. The number of hydrogen-bond acceptors (Lipinski definition) is 2. The molecule has 15 heavy (non-hydrogen) atoms. The summed E-state index contributed by atoms with van der Waals surface area (Å²) in [4.78, 5) is 21.8. The second-order valence-corrected chi connectivity index (χ2v) is 4.36. The zero-order chi connectivity index (χ0) is 12.1. The van der Waals surface area contributed by atoms with Crippen molar-refractivity contribution in [3.05, 3.63) is 0 Å². The number of amides is 1. The van der Waals surface area contributed by atoms with Crippen LogP contribution in [0.5, 0.6) is 0 Å². The van der Waals surface area contributed by atoms with Gasteiger partial charge in [0.25, 0.3) is 5.91 Å². The van der Waals surface area contributed by atoms with E-state index < -0.39 is 17.9 Å². The lowest BCUT2D eigenvalue weighted by Gasteiger charge is -2.29. The summed E-state index contributed by atoms with van der Waals surface area (Å²) in [6.45, 7) is 7.18. The van der Waals surface area contributed by atoms with Gasteiger partial charge in [-0.15, -0.1) is 0 Å². The Morgan fingerprint density at radius 1 is 1.40 bits per heavy atom. The first kappa shape index (κ1) is 13.5. The minimum atomic E-state index is -0.931. The molecule has 0 spiro atoms. The van der Waals surface area contributed by atoms with Crippen molar-refractivity contribution < 1.29 is 14.7 Å². The zero-order valence-electron chi connectivity index (χ0n) is 9.55. The second kappa shape index (κ2) is 5.40. The first-order valence-corrected chi connectivity index (χ1v) is 4.72. The molecular weight excluding hydrogens is 194 g/mol. The molecule has 0 aromatic carbocycles. The Kier molecular flexibility index (Phi) is 4.86. The smallest absolute Gasteiger partial charge is 0.305 e. The Hall–Kier alpha value is -1.50. The average molecular weight is 211 g/mol. The molecule has 84 valence electrons. The van der Waals surface area contributed by atoms with Crippen LogP contribution in [0.1, 0.15) is 34.1 Å². The van der Waals surface area contributed by atoms with Gasteiger partial charge >= 0.3 is 5.97 Å². The minimum absolute atomic E-state index is 0.0966.